The predicted molar refractivity (Wildman–Crippen MR) is 102 cm³/mol. The molecule has 128 valence electrons. The number of benzene rings is 2. The number of anilines is 1. The maximum atomic E-state index is 12.7. The van der Waals surface area contributed by atoms with Crippen molar-refractivity contribution in [2.75, 3.05) is 4.90 Å². The van der Waals surface area contributed by atoms with Crippen molar-refractivity contribution < 1.29 is 14.3 Å². The quantitative estimate of drug-likeness (QED) is 0.676. The Balaban J connectivity index is 1.92. The van der Waals surface area contributed by atoms with Crippen LogP contribution < -0.4 is 9.64 Å². The summed E-state index contributed by atoms with van der Waals surface area (Å²) in [6.45, 7) is 3.87. The first-order valence-corrected chi connectivity index (χ1v) is 8.94. The molecule has 1 aliphatic rings. The zero-order valence-electron chi connectivity index (χ0n) is 13.7. The largest absolute Gasteiger partial charge is 0.490 e. The highest BCUT2D eigenvalue weighted by atomic mass is 35.5. The van der Waals surface area contributed by atoms with E-state index in [4.69, 9.17) is 16.3 Å². The lowest BCUT2D eigenvalue weighted by atomic mass is 10.1. The van der Waals surface area contributed by atoms with E-state index in [0.29, 0.717) is 21.4 Å². The molecule has 4 nitrogen and oxygen atoms in total. The molecule has 25 heavy (non-hydrogen) atoms. The maximum Gasteiger partial charge on any atom is 0.298 e. The summed E-state index contributed by atoms with van der Waals surface area (Å²) in [4.78, 5) is 26.5. The summed E-state index contributed by atoms with van der Waals surface area (Å²) in [5.41, 5.74) is 1.26. The summed E-state index contributed by atoms with van der Waals surface area (Å²) < 4.78 is 5.76. The van der Waals surface area contributed by atoms with Gasteiger partial charge in [0.15, 0.2) is 0 Å². The van der Waals surface area contributed by atoms with Gasteiger partial charge >= 0.3 is 0 Å². The molecule has 0 aromatic heterocycles. The molecule has 0 N–H and O–H groups in total. The van der Waals surface area contributed by atoms with E-state index in [1.165, 1.54) is 0 Å². The Hall–Kier alpha value is -2.24. The van der Waals surface area contributed by atoms with E-state index in [-0.39, 0.29) is 17.3 Å². The Labute approximate surface area is 155 Å². The fraction of sp³-hybridized carbons (Fsp3) is 0.158. The van der Waals surface area contributed by atoms with Crippen molar-refractivity contribution in [1.82, 2.24) is 0 Å². The molecule has 0 atom stereocenters. The molecule has 0 unspecified atom stereocenters. The number of para-hydroxylation sites is 1. The topological polar surface area (TPSA) is 46.6 Å². The number of amides is 2. The number of hydrogen-bond acceptors (Lipinski definition) is 4. The van der Waals surface area contributed by atoms with Gasteiger partial charge in [0.05, 0.1) is 16.7 Å². The van der Waals surface area contributed by atoms with Gasteiger partial charge in [-0.1, -0.05) is 29.8 Å². The lowest BCUT2D eigenvalue weighted by Crippen LogP contribution is -2.27. The van der Waals surface area contributed by atoms with Crippen LogP contribution in [0.3, 0.4) is 0 Å². The van der Waals surface area contributed by atoms with Crippen molar-refractivity contribution in [3.05, 3.63) is 64.0 Å². The van der Waals surface area contributed by atoms with Gasteiger partial charge in [-0.25, -0.2) is 4.90 Å². The molecule has 1 saturated heterocycles. The van der Waals surface area contributed by atoms with Crippen molar-refractivity contribution in [3.63, 3.8) is 0 Å². The van der Waals surface area contributed by atoms with Gasteiger partial charge in [0.2, 0.25) is 0 Å². The summed E-state index contributed by atoms with van der Waals surface area (Å²) in [6, 6.07) is 14.0. The number of halogens is 1. The molecule has 6 heteroatoms. The number of carbonyl (C=O) groups excluding carboxylic acids is 2. The van der Waals surface area contributed by atoms with Crippen LogP contribution in [0.25, 0.3) is 6.08 Å². The van der Waals surface area contributed by atoms with Gasteiger partial charge in [-0.05, 0) is 62.0 Å². The molecule has 1 fully saturated rings. The van der Waals surface area contributed by atoms with E-state index in [1.54, 1.807) is 30.3 Å². The first-order chi connectivity index (χ1) is 12.0. The summed E-state index contributed by atoms with van der Waals surface area (Å²) in [5, 5.41) is 0.215. The van der Waals surface area contributed by atoms with Crippen LogP contribution in [0.15, 0.2) is 53.4 Å². The smallest absolute Gasteiger partial charge is 0.298 e. The summed E-state index contributed by atoms with van der Waals surface area (Å²) in [6.07, 6.45) is 1.71. The second-order valence-corrected chi connectivity index (χ2v) is 7.13. The van der Waals surface area contributed by atoms with Crippen LogP contribution in [0.4, 0.5) is 10.5 Å². The Morgan fingerprint density at radius 3 is 2.44 bits per heavy atom. The highest BCUT2D eigenvalue weighted by Gasteiger charge is 2.36. The SMILES string of the molecule is CC(C)Oc1ccccc1/C=C1/SC(=O)N(c2ccc(Cl)cc2)C1=O. The fourth-order valence-electron chi connectivity index (χ4n) is 2.38. The van der Waals surface area contributed by atoms with Crippen molar-refractivity contribution in [2.45, 2.75) is 20.0 Å². The Bertz CT molecular complexity index is 846. The van der Waals surface area contributed by atoms with Crippen molar-refractivity contribution in [3.8, 4) is 5.75 Å². The van der Waals surface area contributed by atoms with Gasteiger partial charge in [0.25, 0.3) is 11.1 Å². The van der Waals surface area contributed by atoms with E-state index in [2.05, 4.69) is 0 Å². The molecule has 0 saturated carbocycles. The average molecular weight is 374 g/mol. The van der Waals surface area contributed by atoms with Crippen LogP contribution in [-0.4, -0.2) is 17.3 Å². The monoisotopic (exact) mass is 373 g/mol. The number of ether oxygens (including phenoxy) is 1. The standard InChI is InChI=1S/C19H16ClNO3S/c1-12(2)24-16-6-4-3-5-13(16)11-17-18(22)21(19(23)25-17)15-9-7-14(20)8-10-15/h3-12H,1-2H3/b17-11+. The molecule has 3 rings (SSSR count). The second-order valence-electron chi connectivity index (χ2n) is 5.70. The molecule has 2 amide bonds. The van der Waals surface area contributed by atoms with E-state index in [9.17, 15) is 9.59 Å². The van der Waals surface area contributed by atoms with Crippen molar-refractivity contribution in [2.24, 2.45) is 0 Å². The van der Waals surface area contributed by atoms with Gasteiger partial charge < -0.3 is 4.74 Å². The molecule has 2 aromatic carbocycles. The van der Waals surface area contributed by atoms with Gasteiger partial charge in [0.1, 0.15) is 5.75 Å². The Morgan fingerprint density at radius 1 is 1.08 bits per heavy atom. The fourth-order valence-corrected chi connectivity index (χ4v) is 3.34. The van der Waals surface area contributed by atoms with Gasteiger partial charge in [0, 0.05) is 10.6 Å². The maximum absolute atomic E-state index is 12.7. The third kappa shape index (κ3) is 3.89. The molecule has 0 radical (unpaired) electrons. The van der Waals surface area contributed by atoms with E-state index < -0.39 is 0 Å². The van der Waals surface area contributed by atoms with E-state index in [1.807, 2.05) is 38.1 Å². The van der Waals surface area contributed by atoms with E-state index in [0.717, 1.165) is 22.2 Å². The van der Waals surface area contributed by atoms with Crippen LogP contribution in [0.2, 0.25) is 5.02 Å². The van der Waals surface area contributed by atoms with Crippen molar-refractivity contribution in [1.29, 1.82) is 0 Å². The van der Waals surface area contributed by atoms with Crippen LogP contribution in [0, 0.1) is 0 Å². The molecule has 0 aliphatic carbocycles. The second kappa shape index (κ2) is 7.33. The molecule has 1 aliphatic heterocycles. The molecule has 0 bridgehead atoms. The number of thioether (sulfide) groups is 1. The molecular weight excluding hydrogens is 358 g/mol. The van der Waals surface area contributed by atoms with Gasteiger partial charge in [-0.3, -0.25) is 9.59 Å². The molecule has 2 aromatic rings. The first kappa shape index (κ1) is 17.6. The zero-order valence-corrected chi connectivity index (χ0v) is 15.3. The minimum absolute atomic E-state index is 0.0127. The molecule has 1 heterocycles. The average Bonchev–Trinajstić information content (AvgIpc) is 2.84. The van der Waals surface area contributed by atoms with Crippen LogP contribution in [0.1, 0.15) is 19.4 Å². The van der Waals surface area contributed by atoms with Gasteiger partial charge in [-0.15, -0.1) is 0 Å². The predicted octanol–water partition coefficient (Wildman–Crippen LogP) is 5.37. The highest BCUT2D eigenvalue weighted by molar-refractivity contribution is 8.19. The van der Waals surface area contributed by atoms with Crippen LogP contribution in [0.5, 0.6) is 5.75 Å². The number of hydrogen-bond donors (Lipinski definition) is 0. The minimum atomic E-state index is -0.350. The van der Waals surface area contributed by atoms with E-state index >= 15 is 0 Å². The lowest BCUT2D eigenvalue weighted by molar-refractivity contribution is -0.113. The van der Waals surface area contributed by atoms with Crippen LogP contribution >= 0.6 is 23.4 Å². The number of nitrogens with zero attached hydrogens (tertiary/aromatic N) is 1. The summed E-state index contributed by atoms with van der Waals surface area (Å²) in [5.74, 6) is 0.326. The summed E-state index contributed by atoms with van der Waals surface area (Å²) >= 11 is 6.78. The Kier molecular flexibility index (Phi) is 5.16. The Morgan fingerprint density at radius 2 is 1.76 bits per heavy atom. The first-order valence-electron chi connectivity index (χ1n) is 7.75. The number of imide groups is 1. The van der Waals surface area contributed by atoms with Gasteiger partial charge in [-0.2, -0.15) is 0 Å². The molecular formula is C19H16ClNO3S. The van der Waals surface area contributed by atoms with Crippen LogP contribution in [-0.2, 0) is 4.79 Å². The minimum Gasteiger partial charge on any atom is -0.490 e. The summed E-state index contributed by atoms with van der Waals surface area (Å²) in [7, 11) is 0. The zero-order chi connectivity index (χ0) is 18.0. The van der Waals surface area contributed by atoms with Crippen molar-refractivity contribution >= 4 is 46.3 Å². The number of rotatable bonds is 4. The third-order valence-electron chi connectivity index (χ3n) is 3.45. The number of carbonyl (C=O) groups is 2. The highest BCUT2D eigenvalue weighted by Crippen LogP contribution is 2.37. The lowest BCUT2D eigenvalue weighted by Gasteiger charge is -2.13. The normalized spacial score (nSPS) is 16.2. The third-order valence-corrected chi connectivity index (χ3v) is 4.57. The molecule has 0 spiro atoms.